The number of rotatable bonds is 5. The normalized spacial score (nSPS) is 15.4. The second-order valence-corrected chi connectivity index (χ2v) is 4.89. The Hall–Kier alpha value is -0.680. The second-order valence-electron chi connectivity index (χ2n) is 3.33. The highest BCUT2D eigenvalue weighted by Gasteiger charge is 2.07. The van der Waals surface area contributed by atoms with Gasteiger partial charge in [0.15, 0.2) is 0 Å². The zero-order chi connectivity index (χ0) is 10.6. The molecule has 14 heavy (non-hydrogen) atoms. The smallest absolute Gasteiger partial charge is 0.0547 e. The highest BCUT2D eigenvalue weighted by molar-refractivity contribution is 7.84. The highest BCUT2D eigenvalue weighted by Crippen LogP contribution is 2.09. The van der Waals surface area contributed by atoms with Crippen molar-refractivity contribution in [2.24, 2.45) is 7.05 Å². The summed E-state index contributed by atoms with van der Waals surface area (Å²) in [5, 5.41) is 7.40. The Kier molecular flexibility index (Phi) is 4.28. The number of nitrogens with zero attached hydrogens (tertiary/aromatic N) is 2. The third-order valence-corrected chi connectivity index (χ3v) is 2.92. The van der Waals surface area contributed by atoms with Crippen LogP contribution in [-0.2, 0) is 17.8 Å². The van der Waals surface area contributed by atoms with Gasteiger partial charge in [-0.25, -0.2) is 0 Å². The van der Waals surface area contributed by atoms with Crippen molar-refractivity contribution in [3.8, 4) is 0 Å². The lowest BCUT2D eigenvalue weighted by molar-refractivity contribution is 0.546. The Morgan fingerprint density at radius 2 is 2.43 bits per heavy atom. The SMILES string of the molecule is CC(NCCS(C)=O)c1ccnn1C. The molecule has 0 radical (unpaired) electrons. The molecule has 0 amide bonds. The van der Waals surface area contributed by atoms with Crippen LogP contribution in [0.2, 0.25) is 0 Å². The first-order valence-corrected chi connectivity index (χ1v) is 6.35. The van der Waals surface area contributed by atoms with Gasteiger partial charge < -0.3 is 5.32 Å². The standard InChI is InChI=1S/C9H17N3OS/c1-8(10-6-7-14(3)13)9-4-5-11-12(9)2/h4-5,8,10H,6-7H2,1-3H3. The zero-order valence-corrected chi connectivity index (χ0v) is 9.67. The van der Waals surface area contributed by atoms with Crippen LogP contribution in [0.4, 0.5) is 0 Å². The minimum absolute atomic E-state index is 0.256. The molecule has 5 heteroatoms. The second kappa shape index (κ2) is 5.26. The van der Waals surface area contributed by atoms with Gasteiger partial charge in [-0.05, 0) is 13.0 Å². The average molecular weight is 215 g/mol. The van der Waals surface area contributed by atoms with Crippen LogP contribution in [0.1, 0.15) is 18.7 Å². The van der Waals surface area contributed by atoms with Crippen molar-refractivity contribution in [1.82, 2.24) is 15.1 Å². The number of hydrogen-bond acceptors (Lipinski definition) is 3. The molecule has 2 unspecified atom stereocenters. The molecule has 1 aromatic rings. The maximum Gasteiger partial charge on any atom is 0.0547 e. The Bertz CT molecular complexity index is 311. The third-order valence-electron chi connectivity index (χ3n) is 2.14. The van der Waals surface area contributed by atoms with Crippen LogP contribution < -0.4 is 5.32 Å². The van der Waals surface area contributed by atoms with E-state index in [9.17, 15) is 4.21 Å². The van der Waals surface area contributed by atoms with E-state index in [0.29, 0.717) is 5.75 Å². The molecule has 0 spiro atoms. The molecular weight excluding hydrogens is 198 g/mol. The zero-order valence-electron chi connectivity index (χ0n) is 8.86. The third kappa shape index (κ3) is 3.23. The number of aromatic nitrogens is 2. The molecule has 0 aliphatic rings. The Morgan fingerprint density at radius 1 is 1.71 bits per heavy atom. The monoisotopic (exact) mass is 215 g/mol. The fourth-order valence-electron chi connectivity index (χ4n) is 1.33. The van der Waals surface area contributed by atoms with Crippen molar-refractivity contribution < 1.29 is 4.21 Å². The number of hydrogen-bond donors (Lipinski definition) is 1. The predicted octanol–water partition coefficient (Wildman–Crippen LogP) is 0.449. The molecular formula is C9H17N3OS. The lowest BCUT2D eigenvalue weighted by Crippen LogP contribution is -2.25. The van der Waals surface area contributed by atoms with Gasteiger partial charge in [-0.15, -0.1) is 0 Å². The molecule has 0 aliphatic carbocycles. The van der Waals surface area contributed by atoms with Crippen LogP contribution in [0.15, 0.2) is 12.3 Å². The maximum absolute atomic E-state index is 10.8. The Morgan fingerprint density at radius 3 is 2.93 bits per heavy atom. The van der Waals surface area contributed by atoms with Gasteiger partial charge in [0.05, 0.1) is 5.69 Å². The van der Waals surface area contributed by atoms with E-state index < -0.39 is 10.8 Å². The molecule has 0 aliphatic heterocycles. The molecule has 1 heterocycles. The van der Waals surface area contributed by atoms with Crippen molar-refractivity contribution in [3.05, 3.63) is 18.0 Å². The van der Waals surface area contributed by atoms with E-state index in [1.807, 2.05) is 17.8 Å². The van der Waals surface area contributed by atoms with Gasteiger partial charge in [-0.3, -0.25) is 8.89 Å². The van der Waals surface area contributed by atoms with Crippen molar-refractivity contribution in [1.29, 1.82) is 0 Å². The Balaban J connectivity index is 2.39. The van der Waals surface area contributed by atoms with Crippen molar-refractivity contribution >= 4 is 10.8 Å². The van der Waals surface area contributed by atoms with Crippen LogP contribution >= 0.6 is 0 Å². The first-order valence-electron chi connectivity index (χ1n) is 4.62. The van der Waals surface area contributed by atoms with Gasteiger partial charge in [-0.2, -0.15) is 5.10 Å². The first-order chi connectivity index (χ1) is 6.61. The minimum atomic E-state index is -0.719. The van der Waals surface area contributed by atoms with Crippen LogP contribution in [0.25, 0.3) is 0 Å². The van der Waals surface area contributed by atoms with E-state index in [0.717, 1.165) is 12.2 Å². The van der Waals surface area contributed by atoms with E-state index >= 15 is 0 Å². The minimum Gasteiger partial charge on any atom is -0.308 e. The highest BCUT2D eigenvalue weighted by atomic mass is 32.2. The van der Waals surface area contributed by atoms with E-state index in [1.54, 1.807) is 12.5 Å². The largest absolute Gasteiger partial charge is 0.308 e. The van der Waals surface area contributed by atoms with Crippen LogP contribution in [0, 0.1) is 0 Å². The lowest BCUT2D eigenvalue weighted by Gasteiger charge is -2.13. The quantitative estimate of drug-likeness (QED) is 0.775. The van der Waals surface area contributed by atoms with Crippen LogP contribution in [0.5, 0.6) is 0 Å². The molecule has 1 N–H and O–H groups in total. The molecule has 0 saturated carbocycles. The van der Waals surface area contributed by atoms with Gasteiger partial charge in [0.1, 0.15) is 0 Å². The molecule has 0 bridgehead atoms. The summed E-state index contributed by atoms with van der Waals surface area (Å²) in [6.07, 6.45) is 3.50. The summed E-state index contributed by atoms with van der Waals surface area (Å²) in [5.74, 6) is 0.697. The van der Waals surface area contributed by atoms with Gasteiger partial charge in [-0.1, -0.05) is 0 Å². The van der Waals surface area contributed by atoms with E-state index in [1.165, 1.54) is 0 Å². The van der Waals surface area contributed by atoms with E-state index in [-0.39, 0.29) is 6.04 Å². The van der Waals surface area contributed by atoms with Crippen LogP contribution in [-0.4, -0.2) is 32.5 Å². The predicted molar refractivity (Wildman–Crippen MR) is 58.6 cm³/mol. The lowest BCUT2D eigenvalue weighted by atomic mass is 10.2. The van der Waals surface area contributed by atoms with Gasteiger partial charge in [0.25, 0.3) is 0 Å². The van der Waals surface area contributed by atoms with Crippen molar-refractivity contribution in [2.75, 3.05) is 18.6 Å². The van der Waals surface area contributed by atoms with Crippen molar-refractivity contribution in [2.45, 2.75) is 13.0 Å². The molecule has 0 aromatic carbocycles. The molecule has 1 aromatic heterocycles. The van der Waals surface area contributed by atoms with Crippen molar-refractivity contribution in [3.63, 3.8) is 0 Å². The fourth-order valence-corrected chi connectivity index (χ4v) is 1.74. The molecule has 2 atom stereocenters. The summed E-state index contributed by atoms with van der Waals surface area (Å²) in [4.78, 5) is 0. The summed E-state index contributed by atoms with van der Waals surface area (Å²) < 4.78 is 12.7. The number of nitrogens with one attached hydrogen (secondary N) is 1. The Labute approximate surface area is 87.2 Å². The first kappa shape index (κ1) is 11.4. The summed E-state index contributed by atoms with van der Waals surface area (Å²) in [7, 11) is 1.20. The molecule has 0 saturated heterocycles. The van der Waals surface area contributed by atoms with E-state index in [2.05, 4.69) is 17.3 Å². The summed E-state index contributed by atoms with van der Waals surface area (Å²) in [6, 6.07) is 2.24. The van der Waals surface area contributed by atoms with E-state index in [4.69, 9.17) is 0 Å². The van der Waals surface area contributed by atoms with Gasteiger partial charge in [0.2, 0.25) is 0 Å². The summed E-state index contributed by atoms with van der Waals surface area (Å²) >= 11 is 0. The average Bonchev–Trinajstić information content (AvgIpc) is 2.50. The number of aryl methyl sites for hydroxylation is 1. The fraction of sp³-hybridized carbons (Fsp3) is 0.667. The van der Waals surface area contributed by atoms with Gasteiger partial charge in [0, 0.05) is 48.6 Å². The molecule has 0 fully saturated rings. The van der Waals surface area contributed by atoms with Crippen LogP contribution in [0.3, 0.4) is 0 Å². The topological polar surface area (TPSA) is 46.9 Å². The summed E-state index contributed by atoms with van der Waals surface area (Å²) in [6.45, 7) is 2.85. The molecule has 80 valence electrons. The van der Waals surface area contributed by atoms with Gasteiger partial charge >= 0.3 is 0 Å². The molecule has 4 nitrogen and oxygen atoms in total. The maximum atomic E-state index is 10.8. The summed E-state index contributed by atoms with van der Waals surface area (Å²) in [5.41, 5.74) is 1.15. The molecule has 1 rings (SSSR count).